The molecule has 0 heterocycles. The van der Waals surface area contributed by atoms with E-state index in [-0.39, 0.29) is 12.1 Å². The van der Waals surface area contributed by atoms with E-state index >= 15 is 0 Å². The molecule has 0 aliphatic heterocycles. The van der Waals surface area contributed by atoms with Crippen molar-refractivity contribution in [2.24, 2.45) is 5.73 Å². The summed E-state index contributed by atoms with van der Waals surface area (Å²) in [5.74, 6) is -0.761. The number of nitrogens with two attached hydrogens (primary N) is 1. The number of rotatable bonds is 18. The number of hydrogen-bond acceptors (Lipinski definition) is 4. The first-order valence-corrected chi connectivity index (χ1v) is 12.7. The van der Waals surface area contributed by atoms with Crippen LogP contribution in [0.3, 0.4) is 0 Å². The Morgan fingerprint density at radius 1 is 0.833 bits per heavy atom. The Kier molecular flexibility index (Phi) is 14.9. The van der Waals surface area contributed by atoms with Crippen LogP contribution in [0.2, 0.25) is 0 Å². The summed E-state index contributed by atoms with van der Waals surface area (Å²) in [6.45, 7) is 2.21. The van der Waals surface area contributed by atoms with Crippen LogP contribution in [0.4, 0.5) is 0 Å². The smallest absolute Gasteiger partial charge is 0.306 e. The van der Waals surface area contributed by atoms with Gasteiger partial charge in [-0.3, -0.25) is 9.59 Å². The van der Waals surface area contributed by atoms with E-state index in [9.17, 15) is 14.7 Å². The van der Waals surface area contributed by atoms with Crippen molar-refractivity contribution >= 4 is 11.9 Å². The Bertz CT molecular complexity index is 460. The molecule has 1 aliphatic rings. The normalized spacial score (nSPS) is 16.9. The summed E-state index contributed by atoms with van der Waals surface area (Å²) >= 11 is 0. The topological polar surface area (TPSA) is 89.6 Å². The highest BCUT2D eigenvalue weighted by molar-refractivity contribution is 5.86. The molecule has 5 heteroatoms. The van der Waals surface area contributed by atoms with Crippen LogP contribution in [0.1, 0.15) is 135 Å². The number of carbonyl (C=O) groups is 2. The van der Waals surface area contributed by atoms with Gasteiger partial charge in [-0.2, -0.15) is 0 Å². The lowest BCUT2D eigenvalue weighted by molar-refractivity contribution is -0.171. The van der Waals surface area contributed by atoms with Gasteiger partial charge in [-0.15, -0.1) is 0 Å². The highest BCUT2D eigenvalue weighted by Gasteiger charge is 2.41. The van der Waals surface area contributed by atoms with Gasteiger partial charge in [0.1, 0.15) is 0 Å². The van der Waals surface area contributed by atoms with Crippen molar-refractivity contribution in [2.75, 3.05) is 0 Å². The summed E-state index contributed by atoms with van der Waals surface area (Å²) in [5.41, 5.74) is 4.47. The molecule has 30 heavy (non-hydrogen) atoms. The van der Waals surface area contributed by atoms with Gasteiger partial charge in [0.2, 0.25) is 0 Å². The second kappa shape index (κ2) is 16.6. The zero-order valence-electron chi connectivity index (χ0n) is 19.5. The molecule has 3 N–H and O–H groups in total. The Morgan fingerprint density at radius 3 is 1.87 bits per heavy atom. The lowest BCUT2D eigenvalue weighted by atomic mass is 9.84. The van der Waals surface area contributed by atoms with E-state index in [1.807, 2.05) is 0 Å². The molecular formula is C25H47NO4. The van der Waals surface area contributed by atoms with E-state index in [1.165, 1.54) is 44.9 Å². The van der Waals surface area contributed by atoms with Crippen molar-refractivity contribution < 1.29 is 19.4 Å². The molecule has 0 spiro atoms. The van der Waals surface area contributed by atoms with E-state index in [0.717, 1.165) is 64.2 Å². The van der Waals surface area contributed by atoms with Crippen molar-refractivity contribution in [3.63, 3.8) is 0 Å². The molecule has 0 aromatic rings. The van der Waals surface area contributed by atoms with Crippen LogP contribution in [0.25, 0.3) is 0 Å². The third-order valence-corrected chi connectivity index (χ3v) is 6.48. The number of amides is 1. The minimum Gasteiger partial charge on any atom is -0.449 e. The van der Waals surface area contributed by atoms with E-state index in [0.29, 0.717) is 19.3 Å². The summed E-state index contributed by atoms with van der Waals surface area (Å²) in [5, 5.41) is 9.98. The van der Waals surface area contributed by atoms with Gasteiger partial charge in [0.15, 0.2) is 5.60 Å². The summed E-state index contributed by atoms with van der Waals surface area (Å²) in [7, 11) is 0. The molecule has 1 aliphatic carbocycles. The molecule has 1 amide bonds. The van der Waals surface area contributed by atoms with Crippen molar-refractivity contribution in [3.8, 4) is 0 Å². The molecule has 1 fully saturated rings. The van der Waals surface area contributed by atoms with Gasteiger partial charge in [-0.1, -0.05) is 84.0 Å². The van der Waals surface area contributed by atoms with Gasteiger partial charge in [0.05, 0.1) is 6.10 Å². The van der Waals surface area contributed by atoms with Gasteiger partial charge in [0.25, 0.3) is 5.91 Å². The molecule has 1 atom stereocenters. The molecule has 5 nitrogen and oxygen atoms in total. The van der Waals surface area contributed by atoms with Crippen LogP contribution in [0, 0.1) is 0 Å². The molecule has 0 aromatic carbocycles. The van der Waals surface area contributed by atoms with Crippen LogP contribution in [-0.2, 0) is 14.3 Å². The van der Waals surface area contributed by atoms with E-state index < -0.39 is 11.5 Å². The van der Waals surface area contributed by atoms with Gasteiger partial charge in [-0.05, 0) is 44.9 Å². The zero-order valence-corrected chi connectivity index (χ0v) is 19.5. The first-order valence-electron chi connectivity index (χ1n) is 12.7. The second-order valence-corrected chi connectivity index (χ2v) is 9.26. The third kappa shape index (κ3) is 11.9. The van der Waals surface area contributed by atoms with Crippen LogP contribution in [0.15, 0.2) is 0 Å². The monoisotopic (exact) mass is 425 g/mol. The van der Waals surface area contributed by atoms with E-state index in [4.69, 9.17) is 10.5 Å². The summed E-state index contributed by atoms with van der Waals surface area (Å²) in [6, 6.07) is 0. The number of aliphatic hydroxyl groups is 1. The molecule has 1 saturated carbocycles. The molecule has 0 bridgehead atoms. The lowest BCUT2D eigenvalue weighted by Gasteiger charge is -2.33. The highest BCUT2D eigenvalue weighted by Crippen LogP contribution is 2.32. The minimum atomic E-state index is -1.04. The number of carbonyl (C=O) groups excluding carboxylic acids is 2. The Hall–Kier alpha value is -1.10. The number of esters is 1. The molecule has 0 saturated heterocycles. The fourth-order valence-electron chi connectivity index (χ4n) is 4.45. The fourth-order valence-corrected chi connectivity index (χ4v) is 4.45. The zero-order chi connectivity index (χ0) is 22.1. The maximum absolute atomic E-state index is 12.1. The van der Waals surface area contributed by atoms with Crippen molar-refractivity contribution in [1.29, 1.82) is 0 Å². The van der Waals surface area contributed by atoms with Crippen molar-refractivity contribution in [1.82, 2.24) is 0 Å². The summed E-state index contributed by atoms with van der Waals surface area (Å²) in [6.07, 6.45) is 20.1. The average Bonchev–Trinajstić information content (AvgIpc) is 2.73. The molecule has 176 valence electrons. The number of unbranched alkanes of at least 4 members (excludes halogenated alkanes) is 10. The predicted octanol–water partition coefficient (Wildman–Crippen LogP) is 5.95. The molecule has 0 aromatic heterocycles. The highest BCUT2D eigenvalue weighted by atomic mass is 16.6. The van der Waals surface area contributed by atoms with Crippen molar-refractivity contribution in [3.05, 3.63) is 0 Å². The standard InChI is InChI=1S/C25H47NO4/c1-2-3-4-12-17-22(27)18-13-9-7-5-6-8-10-14-19-23(28)30-25(24(26)29)20-15-11-16-21-25/h22,27H,2-21H2,1H3,(H2,26,29). The first-order chi connectivity index (χ1) is 14.5. The molecule has 0 radical (unpaired) electrons. The van der Waals surface area contributed by atoms with Crippen LogP contribution < -0.4 is 5.73 Å². The maximum atomic E-state index is 12.1. The molecular weight excluding hydrogens is 378 g/mol. The maximum Gasteiger partial charge on any atom is 0.306 e. The largest absolute Gasteiger partial charge is 0.449 e. The number of aliphatic hydroxyl groups excluding tert-OH is 1. The van der Waals surface area contributed by atoms with Gasteiger partial charge in [0, 0.05) is 6.42 Å². The number of ether oxygens (including phenoxy) is 1. The van der Waals surface area contributed by atoms with Crippen LogP contribution in [-0.4, -0.2) is 28.7 Å². The number of hydrogen-bond donors (Lipinski definition) is 2. The Labute approximate surface area is 184 Å². The van der Waals surface area contributed by atoms with Gasteiger partial charge < -0.3 is 15.6 Å². The van der Waals surface area contributed by atoms with E-state index in [1.54, 1.807) is 0 Å². The predicted molar refractivity (Wildman–Crippen MR) is 122 cm³/mol. The van der Waals surface area contributed by atoms with Gasteiger partial charge >= 0.3 is 5.97 Å². The fraction of sp³-hybridized carbons (Fsp3) is 0.920. The SMILES string of the molecule is CCCCCCC(O)CCCCCCCCCCC(=O)OC1(C(N)=O)CCCCC1. The Balaban J connectivity index is 1.94. The minimum absolute atomic E-state index is 0.107. The first kappa shape index (κ1) is 26.9. The van der Waals surface area contributed by atoms with Crippen LogP contribution in [0.5, 0.6) is 0 Å². The Morgan fingerprint density at radius 2 is 1.33 bits per heavy atom. The molecule has 1 rings (SSSR count). The average molecular weight is 426 g/mol. The van der Waals surface area contributed by atoms with E-state index in [2.05, 4.69) is 6.92 Å². The van der Waals surface area contributed by atoms with Gasteiger partial charge in [-0.25, -0.2) is 0 Å². The number of primary amides is 1. The second-order valence-electron chi connectivity index (χ2n) is 9.26. The van der Waals surface area contributed by atoms with Crippen molar-refractivity contribution in [2.45, 2.75) is 147 Å². The summed E-state index contributed by atoms with van der Waals surface area (Å²) in [4.78, 5) is 23.9. The summed E-state index contributed by atoms with van der Waals surface area (Å²) < 4.78 is 5.53. The lowest BCUT2D eigenvalue weighted by Crippen LogP contribution is -2.49. The molecule has 1 unspecified atom stereocenters. The quantitative estimate of drug-likeness (QED) is 0.210. The third-order valence-electron chi connectivity index (χ3n) is 6.48. The van der Waals surface area contributed by atoms with Crippen LogP contribution >= 0.6 is 0 Å².